The number of nitrogens with zero attached hydrogens (tertiary/aromatic N) is 9. The Balaban J connectivity index is 0.000000176. The van der Waals surface area contributed by atoms with Crippen LogP contribution in [-0.4, -0.2) is 53.1 Å². The first-order valence-electron chi connectivity index (χ1n) is 14.2. The molecular formula is C30H17F10N9O2. The molecule has 0 unspecified atom stereocenters. The van der Waals surface area contributed by atoms with Crippen molar-refractivity contribution in [3.8, 4) is 40.1 Å². The zero-order chi connectivity index (χ0) is 36.9. The van der Waals surface area contributed by atoms with Gasteiger partial charge in [0, 0.05) is 17.2 Å². The van der Waals surface area contributed by atoms with E-state index in [1.807, 2.05) is 0 Å². The standard InChI is InChI=1S/C17H12F3N5O.C13H5F7N4O/c1-26-13-8-10(16(9-21)6-7-16)2-3-11(13)12-4-5-14-22-23-15(17(18,19)20)25(14)24-12;14-8-5-6(25-13(18,19)20)1-2-7(8)9-3-4-10-21-22-11(12(15,16)17)24(10)23-9/h2-5,8H,6-7H2,1H3;1-5H. The minimum Gasteiger partial charge on any atom is -0.496 e. The van der Waals surface area contributed by atoms with Gasteiger partial charge in [0.05, 0.1) is 30.0 Å². The Morgan fingerprint density at radius 1 is 0.706 bits per heavy atom. The number of hydrogen-bond donors (Lipinski definition) is 0. The van der Waals surface area contributed by atoms with E-state index < -0.39 is 47.3 Å². The summed E-state index contributed by atoms with van der Waals surface area (Å²) >= 11 is 0. The average Bonchev–Trinajstić information content (AvgIpc) is 3.53. The second-order valence-electron chi connectivity index (χ2n) is 10.8. The number of methoxy groups -OCH3 is 1. The molecule has 4 aromatic heterocycles. The summed E-state index contributed by atoms with van der Waals surface area (Å²) in [4.78, 5) is 0. The number of fused-ring (bicyclic) bond motifs is 2. The number of aromatic nitrogens is 8. The van der Waals surface area contributed by atoms with Crippen molar-refractivity contribution in [2.45, 2.75) is 37.0 Å². The third-order valence-electron chi connectivity index (χ3n) is 7.48. The van der Waals surface area contributed by atoms with Gasteiger partial charge >= 0.3 is 18.7 Å². The van der Waals surface area contributed by atoms with Gasteiger partial charge in [-0.1, -0.05) is 6.07 Å². The number of hydrogen-bond acceptors (Lipinski definition) is 9. The Morgan fingerprint density at radius 3 is 1.69 bits per heavy atom. The predicted octanol–water partition coefficient (Wildman–Crippen LogP) is 7.22. The van der Waals surface area contributed by atoms with E-state index >= 15 is 0 Å². The second kappa shape index (κ2) is 12.4. The molecule has 21 heteroatoms. The number of ether oxygens (including phenoxy) is 2. The maximum absolute atomic E-state index is 14.0. The zero-order valence-corrected chi connectivity index (χ0v) is 25.3. The fourth-order valence-corrected chi connectivity index (χ4v) is 4.91. The van der Waals surface area contributed by atoms with Gasteiger partial charge in [-0.2, -0.15) is 50.8 Å². The molecule has 0 aliphatic heterocycles. The van der Waals surface area contributed by atoms with E-state index in [0.717, 1.165) is 42.7 Å². The number of halogens is 10. The highest BCUT2D eigenvalue weighted by Gasteiger charge is 2.45. The third kappa shape index (κ3) is 7.01. The Kier molecular flexibility index (Phi) is 8.43. The fraction of sp³-hybridized carbons (Fsp3) is 0.233. The van der Waals surface area contributed by atoms with Gasteiger partial charge in [0.15, 0.2) is 11.3 Å². The minimum absolute atomic E-state index is 0.00178. The van der Waals surface area contributed by atoms with Crippen molar-refractivity contribution in [3.05, 3.63) is 83.7 Å². The van der Waals surface area contributed by atoms with Crippen LogP contribution in [0.3, 0.4) is 0 Å². The van der Waals surface area contributed by atoms with Gasteiger partial charge in [-0.15, -0.1) is 33.6 Å². The van der Waals surface area contributed by atoms with Gasteiger partial charge in [0.25, 0.3) is 11.6 Å². The summed E-state index contributed by atoms with van der Waals surface area (Å²) < 4.78 is 138. The molecule has 1 fully saturated rings. The first-order chi connectivity index (χ1) is 23.9. The summed E-state index contributed by atoms with van der Waals surface area (Å²) in [5.74, 6) is -4.13. The predicted molar refractivity (Wildman–Crippen MR) is 152 cm³/mol. The van der Waals surface area contributed by atoms with E-state index in [1.54, 1.807) is 24.3 Å². The molecule has 2 aromatic carbocycles. The highest BCUT2D eigenvalue weighted by Crippen LogP contribution is 2.49. The Labute approximate surface area is 277 Å². The summed E-state index contributed by atoms with van der Waals surface area (Å²) in [5, 5.41) is 29.9. The van der Waals surface area contributed by atoms with Gasteiger partial charge in [-0.25, -0.2) is 4.39 Å². The van der Waals surface area contributed by atoms with Crippen molar-refractivity contribution in [2.75, 3.05) is 7.11 Å². The molecule has 51 heavy (non-hydrogen) atoms. The number of alkyl halides is 9. The van der Waals surface area contributed by atoms with Crippen LogP contribution in [0.1, 0.15) is 30.1 Å². The number of rotatable bonds is 5. The van der Waals surface area contributed by atoms with E-state index in [2.05, 4.69) is 41.4 Å². The van der Waals surface area contributed by atoms with Gasteiger partial charge in [0.1, 0.15) is 17.3 Å². The van der Waals surface area contributed by atoms with Gasteiger partial charge in [0.2, 0.25) is 0 Å². The maximum Gasteiger partial charge on any atom is 0.573 e. The van der Waals surface area contributed by atoms with Crippen LogP contribution < -0.4 is 9.47 Å². The molecule has 6 aromatic rings. The quantitative estimate of drug-likeness (QED) is 0.169. The van der Waals surface area contributed by atoms with Crippen LogP contribution in [0.15, 0.2) is 60.7 Å². The molecule has 11 nitrogen and oxygen atoms in total. The number of benzene rings is 2. The summed E-state index contributed by atoms with van der Waals surface area (Å²) in [6.07, 6.45) is -12.9. The molecule has 0 amide bonds. The largest absolute Gasteiger partial charge is 0.573 e. The van der Waals surface area contributed by atoms with Crippen molar-refractivity contribution < 1.29 is 53.4 Å². The lowest BCUT2D eigenvalue weighted by atomic mass is 9.95. The molecule has 1 saturated carbocycles. The van der Waals surface area contributed by atoms with Crippen molar-refractivity contribution >= 4 is 11.3 Å². The van der Waals surface area contributed by atoms with Crippen LogP contribution in [0.4, 0.5) is 43.9 Å². The Hall–Kier alpha value is -6.07. The monoisotopic (exact) mass is 725 g/mol. The molecule has 1 aliphatic carbocycles. The SMILES string of the molecule is COc1cc(C2(C#N)CC2)ccc1-c1ccc2nnc(C(F)(F)F)n2n1.Fc1cc(OC(F)(F)F)ccc1-c1ccc2nnc(C(F)(F)F)n2n1. The lowest BCUT2D eigenvalue weighted by Crippen LogP contribution is -2.17. The molecular weight excluding hydrogens is 708 g/mol. The van der Waals surface area contributed by atoms with Gasteiger partial charge in [-0.05, 0) is 66.9 Å². The second-order valence-corrected chi connectivity index (χ2v) is 10.8. The fourth-order valence-electron chi connectivity index (χ4n) is 4.91. The third-order valence-corrected chi connectivity index (χ3v) is 7.48. The topological polar surface area (TPSA) is 128 Å². The van der Waals surface area contributed by atoms with Crippen LogP contribution in [0.2, 0.25) is 0 Å². The Morgan fingerprint density at radius 2 is 1.24 bits per heavy atom. The van der Waals surface area contributed by atoms with E-state index in [9.17, 15) is 49.2 Å². The van der Waals surface area contributed by atoms with E-state index in [0.29, 0.717) is 26.4 Å². The number of nitriles is 1. The van der Waals surface area contributed by atoms with E-state index in [1.165, 1.54) is 13.2 Å². The van der Waals surface area contributed by atoms with Crippen molar-refractivity contribution in [3.63, 3.8) is 0 Å². The zero-order valence-electron chi connectivity index (χ0n) is 25.3. The molecule has 0 radical (unpaired) electrons. The van der Waals surface area contributed by atoms with Crippen LogP contribution in [-0.2, 0) is 17.8 Å². The Bertz CT molecular complexity index is 2300. The van der Waals surface area contributed by atoms with Crippen molar-refractivity contribution in [2.24, 2.45) is 0 Å². The normalized spacial score (nSPS) is 14.2. The maximum atomic E-state index is 14.0. The van der Waals surface area contributed by atoms with Gasteiger partial charge in [-0.3, -0.25) is 0 Å². The lowest BCUT2D eigenvalue weighted by molar-refractivity contribution is -0.274. The van der Waals surface area contributed by atoms with E-state index in [-0.39, 0.29) is 28.2 Å². The molecule has 7 rings (SSSR count). The summed E-state index contributed by atoms with van der Waals surface area (Å²) in [6, 6.07) is 15.0. The molecule has 0 saturated heterocycles. The van der Waals surface area contributed by atoms with Crippen LogP contribution in [0.5, 0.6) is 11.5 Å². The summed E-state index contributed by atoms with van der Waals surface area (Å²) in [6.45, 7) is 0. The highest BCUT2D eigenvalue weighted by molar-refractivity contribution is 5.69. The van der Waals surface area contributed by atoms with Crippen molar-refractivity contribution in [1.29, 1.82) is 5.26 Å². The lowest BCUT2D eigenvalue weighted by Gasteiger charge is -2.13. The van der Waals surface area contributed by atoms with Crippen LogP contribution >= 0.6 is 0 Å². The molecule has 0 bridgehead atoms. The van der Waals surface area contributed by atoms with Crippen LogP contribution in [0.25, 0.3) is 33.8 Å². The molecule has 0 atom stereocenters. The summed E-state index contributed by atoms with van der Waals surface area (Å²) in [7, 11) is 1.47. The summed E-state index contributed by atoms with van der Waals surface area (Å²) in [5.41, 5.74) is 0.350. The highest BCUT2D eigenvalue weighted by atomic mass is 19.4. The first kappa shape index (κ1) is 34.8. The molecule has 4 heterocycles. The average molecular weight is 726 g/mol. The molecule has 0 N–H and O–H groups in total. The molecule has 264 valence electrons. The van der Waals surface area contributed by atoms with Crippen molar-refractivity contribution in [1.82, 2.24) is 39.6 Å². The van der Waals surface area contributed by atoms with Gasteiger partial charge < -0.3 is 9.47 Å². The first-order valence-corrected chi connectivity index (χ1v) is 14.2. The van der Waals surface area contributed by atoms with E-state index in [4.69, 9.17) is 4.74 Å². The molecule has 1 aliphatic rings. The molecule has 0 spiro atoms. The minimum atomic E-state index is -5.00. The van der Waals surface area contributed by atoms with Crippen LogP contribution in [0, 0.1) is 17.1 Å². The smallest absolute Gasteiger partial charge is 0.496 e.